The van der Waals surface area contributed by atoms with Crippen molar-refractivity contribution in [1.82, 2.24) is 0 Å². The number of hydrogen-bond donors (Lipinski definition) is 1. The molecule has 138 valence electrons. The third-order valence-electron chi connectivity index (χ3n) is 4.11. The summed E-state index contributed by atoms with van der Waals surface area (Å²) in [7, 11) is 1.59. The lowest BCUT2D eigenvalue weighted by Gasteiger charge is -2.13. The summed E-state index contributed by atoms with van der Waals surface area (Å²) < 4.78 is 11.2. The maximum absolute atomic E-state index is 12.6. The van der Waals surface area contributed by atoms with Crippen LogP contribution in [-0.2, 0) is 6.61 Å². The Morgan fingerprint density at radius 2 is 1.81 bits per heavy atom. The number of benzene rings is 3. The molecule has 0 fully saturated rings. The van der Waals surface area contributed by atoms with Gasteiger partial charge in [0.1, 0.15) is 18.1 Å². The van der Waals surface area contributed by atoms with Crippen molar-refractivity contribution in [3.63, 3.8) is 0 Å². The Kier molecular flexibility index (Phi) is 5.99. The van der Waals surface area contributed by atoms with Gasteiger partial charge in [-0.3, -0.25) is 4.79 Å². The zero-order valence-electron chi connectivity index (χ0n) is 15.2. The Morgan fingerprint density at radius 1 is 1.04 bits per heavy atom. The molecule has 3 aromatic carbocycles. The van der Waals surface area contributed by atoms with Crippen molar-refractivity contribution in [3.8, 4) is 11.5 Å². The molecule has 0 spiro atoms. The minimum atomic E-state index is -0.224. The molecule has 0 bridgehead atoms. The van der Waals surface area contributed by atoms with Crippen LogP contribution in [0.2, 0.25) is 5.02 Å². The van der Waals surface area contributed by atoms with Crippen LogP contribution >= 0.6 is 11.6 Å². The van der Waals surface area contributed by atoms with E-state index in [1.54, 1.807) is 31.4 Å². The van der Waals surface area contributed by atoms with E-state index in [4.69, 9.17) is 21.1 Å². The number of amides is 1. The van der Waals surface area contributed by atoms with Gasteiger partial charge in [0, 0.05) is 21.8 Å². The van der Waals surface area contributed by atoms with Crippen molar-refractivity contribution in [2.75, 3.05) is 12.4 Å². The lowest BCUT2D eigenvalue weighted by Crippen LogP contribution is -2.13. The summed E-state index contributed by atoms with van der Waals surface area (Å²) in [5.74, 6) is 1.20. The second-order valence-corrected chi connectivity index (χ2v) is 6.45. The number of para-hydroxylation sites is 1. The number of anilines is 1. The predicted molar refractivity (Wildman–Crippen MR) is 108 cm³/mol. The van der Waals surface area contributed by atoms with Gasteiger partial charge >= 0.3 is 0 Å². The maximum Gasteiger partial charge on any atom is 0.255 e. The minimum absolute atomic E-state index is 0.224. The zero-order chi connectivity index (χ0) is 19.2. The number of rotatable bonds is 6. The van der Waals surface area contributed by atoms with Crippen LogP contribution in [-0.4, -0.2) is 13.0 Å². The van der Waals surface area contributed by atoms with Crippen molar-refractivity contribution in [2.24, 2.45) is 0 Å². The van der Waals surface area contributed by atoms with Crippen LogP contribution in [0, 0.1) is 6.92 Å². The summed E-state index contributed by atoms with van der Waals surface area (Å²) in [6.07, 6.45) is 0. The summed E-state index contributed by atoms with van der Waals surface area (Å²) in [6, 6.07) is 20.2. The van der Waals surface area contributed by atoms with Gasteiger partial charge in [-0.05, 0) is 55.0 Å². The molecule has 0 aromatic heterocycles. The molecule has 0 unspecified atom stereocenters. The van der Waals surface area contributed by atoms with Gasteiger partial charge in [-0.25, -0.2) is 0 Å². The van der Waals surface area contributed by atoms with Gasteiger partial charge in [0.05, 0.1) is 7.11 Å². The van der Waals surface area contributed by atoms with Crippen LogP contribution in [0.3, 0.4) is 0 Å². The Morgan fingerprint density at radius 3 is 2.52 bits per heavy atom. The second kappa shape index (κ2) is 8.60. The fourth-order valence-electron chi connectivity index (χ4n) is 2.58. The van der Waals surface area contributed by atoms with Crippen molar-refractivity contribution >= 4 is 23.2 Å². The zero-order valence-corrected chi connectivity index (χ0v) is 15.9. The molecule has 1 N–H and O–H groups in total. The highest BCUT2D eigenvalue weighted by Gasteiger charge is 2.12. The van der Waals surface area contributed by atoms with E-state index in [-0.39, 0.29) is 5.91 Å². The summed E-state index contributed by atoms with van der Waals surface area (Å²) in [6.45, 7) is 2.21. The number of methoxy groups -OCH3 is 1. The number of carbonyl (C=O) groups excluding carboxylic acids is 1. The first-order chi connectivity index (χ1) is 13.1. The largest absolute Gasteiger partial charge is 0.496 e. The highest BCUT2D eigenvalue weighted by molar-refractivity contribution is 6.31. The Bertz CT molecular complexity index is 942. The molecular formula is C22H20ClNO3. The summed E-state index contributed by atoms with van der Waals surface area (Å²) >= 11 is 6.12. The van der Waals surface area contributed by atoms with Gasteiger partial charge in [0.25, 0.3) is 5.91 Å². The summed E-state index contributed by atoms with van der Waals surface area (Å²) in [5, 5.41) is 3.47. The molecule has 0 aliphatic rings. The quantitative estimate of drug-likeness (QED) is 0.614. The molecule has 0 aliphatic carbocycles. The lowest BCUT2D eigenvalue weighted by molar-refractivity contribution is 0.102. The van der Waals surface area contributed by atoms with Crippen molar-refractivity contribution in [2.45, 2.75) is 13.5 Å². The Labute approximate surface area is 163 Å². The molecule has 5 heteroatoms. The van der Waals surface area contributed by atoms with Crippen LogP contribution in [0.15, 0.2) is 66.7 Å². The fraction of sp³-hybridized carbons (Fsp3) is 0.136. The van der Waals surface area contributed by atoms with Crippen molar-refractivity contribution < 1.29 is 14.3 Å². The van der Waals surface area contributed by atoms with E-state index >= 15 is 0 Å². The number of aryl methyl sites for hydroxylation is 1. The molecular weight excluding hydrogens is 362 g/mol. The van der Waals surface area contributed by atoms with E-state index < -0.39 is 0 Å². The second-order valence-electron chi connectivity index (χ2n) is 6.05. The van der Waals surface area contributed by atoms with E-state index in [0.29, 0.717) is 28.6 Å². The first kappa shape index (κ1) is 18.8. The molecule has 0 saturated carbocycles. The number of carbonyl (C=O) groups is 1. The number of ether oxygens (including phenoxy) is 2. The standard InChI is InChI=1S/C22H20ClNO3/c1-15-8-10-18(13-20(15)23)24-22(25)16-9-11-21(26-2)17(12-16)14-27-19-6-4-3-5-7-19/h3-13H,14H2,1-2H3,(H,24,25). The summed E-state index contributed by atoms with van der Waals surface area (Å²) in [4.78, 5) is 12.6. The van der Waals surface area contributed by atoms with E-state index in [1.165, 1.54) is 0 Å². The SMILES string of the molecule is COc1ccc(C(=O)Nc2ccc(C)c(Cl)c2)cc1COc1ccccc1. The lowest BCUT2D eigenvalue weighted by atomic mass is 10.1. The molecule has 0 atom stereocenters. The highest BCUT2D eigenvalue weighted by Crippen LogP contribution is 2.24. The molecule has 0 saturated heterocycles. The van der Waals surface area contributed by atoms with E-state index in [9.17, 15) is 4.79 Å². The van der Waals surface area contributed by atoms with Gasteiger partial charge in [-0.15, -0.1) is 0 Å². The first-order valence-corrected chi connectivity index (χ1v) is 8.87. The average Bonchev–Trinajstić information content (AvgIpc) is 2.69. The topological polar surface area (TPSA) is 47.6 Å². The Balaban J connectivity index is 1.76. The van der Waals surface area contributed by atoms with Gasteiger partial charge in [-0.1, -0.05) is 35.9 Å². The van der Waals surface area contributed by atoms with Crippen molar-refractivity contribution in [1.29, 1.82) is 0 Å². The highest BCUT2D eigenvalue weighted by atomic mass is 35.5. The molecule has 0 aliphatic heterocycles. The molecule has 0 heterocycles. The third kappa shape index (κ3) is 4.80. The molecule has 1 amide bonds. The van der Waals surface area contributed by atoms with Crippen LogP contribution in [0.4, 0.5) is 5.69 Å². The number of halogens is 1. The number of hydrogen-bond acceptors (Lipinski definition) is 3. The van der Waals surface area contributed by atoms with Crippen LogP contribution in [0.25, 0.3) is 0 Å². The van der Waals surface area contributed by atoms with Crippen LogP contribution in [0.1, 0.15) is 21.5 Å². The molecule has 3 rings (SSSR count). The van der Waals surface area contributed by atoms with Crippen molar-refractivity contribution in [3.05, 3.63) is 88.4 Å². The molecule has 27 heavy (non-hydrogen) atoms. The third-order valence-corrected chi connectivity index (χ3v) is 4.52. The average molecular weight is 382 g/mol. The monoisotopic (exact) mass is 381 g/mol. The van der Waals surface area contributed by atoms with Gasteiger partial charge in [-0.2, -0.15) is 0 Å². The number of nitrogens with one attached hydrogen (secondary N) is 1. The first-order valence-electron chi connectivity index (χ1n) is 8.49. The minimum Gasteiger partial charge on any atom is -0.496 e. The normalized spacial score (nSPS) is 10.3. The molecule has 3 aromatic rings. The van der Waals surface area contributed by atoms with E-state index in [1.807, 2.05) is 49.4 Å². The van der Waals surface area contributed by atoms with E-state index in [0.717, 1.165) is 16.9 Å². The van der Waals surface area contributed by atoms with E-state index in [2.05, 4.69) is 5.32 Å². The predicted octanol–water partition coefficient (Wildman–Crippen LogP) is 5.49. The maximum atomic E-state index is 12.6. The van der Waals surface area contributed by atoms with Gasteiger partial charge in [0.2, 0.25) is 0 Å². The fourth-order valence-corrected chi connectivity index (χ4v) is 2.76. The molecule has 0 radical (unpaired) electrons. The van der Waals surface area contributed by atoms with Crippen LogP contribution < -0.4 is 14.8 Å². The Hall–Kier alpha value is -2.98. The van der Waals surface area contributed by atoms with Gasteiger partial charge in [0.15, 0.2) is 0 Å². The smallest absolute Gasteiger partial charge is 0.255 e. The van der Waals surface area contributed by atoms with Crippen LogP contribution in [0.5, 0.6) is 11.5 Å². The molecule has 4 nitrogen and oxygen atoms in total. The van der Waals surface area contributed by atoms with Gasteiger partial charge < -0.3 is 14.8 Å². The summed E-state index contributed by atoms with van der Waals surface area (Å²) in [5.41, 5.74) is 2.91.